The first-order valence-corrected chi connectivity index (χ1v) is 8.59. The van der Waals surface area contributed by atoms with Crippen LogP contribution in [0.2, 0.25) is 0 Å². The molecule has 142 valence electrons. The Kier molecular flexibility index (Phi) is 4.36. The summed E-state index contributed by atoms with van der Waals surface area (Å²) in [4.78, 5) is 35.7. The number of nitrogens with two attached hydrogens (primary N) is 1. The van der Waals surface area contributed by atoms with Crippen LogP contribution in [0.1, 0.15) is 22.8 Å². The Bertz CT molecular complexity index is 1210. The Balaban J connectivity index is 1.77. The van der Waals surface area contributed by atoms with E-state index in [2.05, 4.69) is 20.1 Å². The number of fused-ring (bicyclic) bond motifs is 1. The molecular formula is C18H17N7O3. The summed E-state index contributed by atoms with van der Waals surface area (Å²) >= 11 is 0. The van der Waals surface area contributed by atoms with E-state index in [9.17, 15) is 9.59 Å². The lowest BCUT2D eigenvalue weighted by Gasteiger charge is -2.07. The first kappa shape index (κ1) is 17.5. The van der Waals surface area contributed by atoms with Crippen LogP contribution >= 0.6 is 0 Å². The van der Waals surface area contributed by atoms with E-state index < -0.39 is 5.97 Å². The summed E-state index contributed by atoms with van der Waals surface area (Å²) in [6.45, 7) is 2.23. The number of ether oxygens (including phenoxy) is 1. The van der Waals surface area contributed by atoms with Crippen molar-refractivity contribution in [3.05, 3.63) is 64.3 Å². The normalized spacial score (nSPS) is 11.0. The van der Waals surface area contributed by atoms with Crippen LogP contribution in [0.15, 0.2) is 47.5 Å². The molecular weight excluding hydrogens is 362 g/mol. The molecule has 0 aliphatic carbocycles. The van der Waals surface area contributed by atoms with Crippen LogP contribution in [0.4, 0.5) is 5.82 Å². The van der Waals surface area contributed by atoms with Crippen molar-refractivity contribution >= 4 is 23.0 Å². The zero-order valence-corrected chi connectivity index (χ0v) is 15.0. The molecule has 0 spiro atoms. The Morgan fingerprint density at radius 1 is 1.29 bits per heavy atom. The number of nitrogens with one attached hydrogen (secondary N) is 1. The SMILES string of the molecule is CCOC(=O)c1cccc(Cn2c(=O)[nH]c3c(N)nc(-n4cccn4)nc32)c1. The summed E-state index contributed by atoms with van der Waals surface area (Å²) in [7, 11) is 0. The first-order valence-electron chi connectivity index (χ1n) is 8.59. The van der Waals surface area contributed by atoms with Gasteiger partial charge in [-0.15, -0.1) is 0 Å². The molecule has 0 saturated heterocycles. The molecule has 3 N–H and O–H groups in total. The Hall–Kier alpha value is -3.95. The van der Waals surface area contributed by atoms with Crippen molar-refractivity contribution in [2.45, 2.75) is 13.5 Å². The number of anilines is 1. The lowest BCUT2D eigenvalue weighted by molar-refractivity contribution is 0.0526. The van der Waals surface area contributed by atoms with Crippen LogP contribution in [-0.2, 0) is 11.3 Å². The highest BCUT2D eigenvalue weighted by atomic mass is 16.5. The van der Waals surface area contributed by atoms with Gasteiger partial charge in [-0.1, -0.05) is 12.1 Å². The molecule has 0 fully saturated rings. The van der Waals surface area contributed by atoms with E-state index in [0.29, 0.717) is 16.7 Å². The monoisotopic (exact) mass is 379 g/mol. The van der Waals surface area contributed by atoms with E-state index in [4.69, 9.17) is 10.5 Å². The number of carbonyl (C=O) groups is 1. The van der Waals surface area contributed by atoms with Gasteiger partial charge in [-0.3, -0.25) is 4.57 Å². The van der Waals surface area contributed by atoms with Crippen LogP contribution in [0.3, 0.4) is 0 Å². The third kappa shape index (κ3) is 3.11. The van der Waals surface area contributed by atoms with Gasteiger partial charge in [-0.05, 0) is 30.7 Å². The van der Waals surface area contributed by atoms with Gasteiger partial charge in [0, 0.05) is 12.4 Å². The number of aromatic nitrogens is 6. The first-order chi connectivity index (χ1) is 13.6. The third-order valence-corrected chi connectivity index (χ3v) is 4.13. The standard InChI is InChI=1S/C18H17N7O3/c1-2-28-16(26)12-6-3-5-11(9-12)10-24-15-13(21-18(24)27)14(19)22-17(23-15)25-8-4-7-20-25/h3-9H,2,10H2,1H3,(H,21,27)(H2,19,22,23). The lowest BCUT2D eigenvalue weighted by Crippen LogP contribution is -2.18. The average Bonchev–Trinajstić information content (AvgIpc) is 3.32. The van der Waals surface area contributed by atoms with Crippen molar-refractivity contribution in [1.82, 2.24) is 29.3 Å². The molecule has 0 amide bonds. The highest BCUT2D eigenvalue weighted by Crippen LogP contribution is 2.17. The topological polar surface area (TPSA) is 134 Å². The van der Waals surface area contributed by atoms with Crippen LogP contribution in [-0.4, -0.2) is 41.9 Å². The zero-order chi connectivity index (χ0) is 19.7. The molecule has 4 aromatic rings. The van der Waals surface area contributed by atoms with Crippen molar-refractivity contribution in [3.63, 3.8) is 0 Å². The number of carbonyl (C=O) groups excluding carboxylic acids is 1. The minimum Gasteiger partial charge on any atom is -0.462 e. The van der Waals surface area contributed by atoms with Crippen molar-refractivity contribution < 1.29 is 9.53 Å². The van der Waals surface area contributed by atoms with Crippen LogP contribution in [0.25, 0.3) is 17.1 Å². The average molecular weight is 379 g/mol. The highest BCUT2D eigenvalue weighted by Gasteiger charge is 2.16. The van der Waals surface area contributed by atoms with Crippen molar-refractivity contribution in [2.75, 3.05) is 12.3 Å². The van der Waals surface area contributed by atoms with E-state index in [0.717, 1.165) is 5.56 Å². The molecule has 10 heteroatoms. The van der Waals surface area contributed by atoms with E-state index in [1.165, 1.54) is 9.25 Å². The largest absolute Gasteiger partial charge is 0.462 e. The molecule has 0 atom stereocenters. The molecule has 0 bridgehead atoms. The number of H-pyrrole nitrogens is 1. The summed E-state index contributed by atoms with van der Waals surface area (Å²) in [5.74, 6) is -0.0159. The number of nitrogen functional groups attached to an aromatic ring is 1. The van der Waals surface area contributed by atoms with Crippen LogP contribution in [0.5, 0.6) is 0 Å². The second-order valence-electron chi connectivity index (χ2n) is 6.00. The number of hydrogen-bond donors (Lipinski definition) is 2. The zero-order valence-electron chi connectivity index (χ0n) is 15.0. The van der Waals surface area contributed by atoms with Gasteiger partial charge in [-0.25, -0.2) is 14.3 Å². The van der Waals surface area contributed by atoms with E-state index in [1.807, 2.05) is 6.07 Å². The molecule has 0 saturated carbocycles. The molecule has 0 unspecified atom stereocenters. The predicted octanol–water partition coefficient (Wildman–Crippen LogP) is 1.11. The Labute approximate surface area is 158 Å². The fourth-order valence-electron chi connectivity index (χ4n) is 2.87. The number of nitrogens with zero attached hydrogens (tertiary/aromatic N) is 5. The van der Waals surface area contributed by atoms with E-state index >= 15 is 0 Å². The van der Waals surface area contributed by atoms with Crippen molar-refractivity contribution in [3.8, 4) is 5.95 Å². The quantitative estimate of drug-likeness (QED) is 0.496. The van der Waals surface area contributed by atoms with Gasteiger partial charge in [0.25, 0.3) is 5.95 Å². The number of imidazole rings is 1. The number of rotatable bonds is 5. The van der Waals surface area contributed by atoms with Gasteiger partial charge in [-0.2, -0.15) is 15.1 Å². The maximum absolute atomic E-state index is 12.5. The number of hydrogen-bond acceptors (Lipinski definition) is 7. The van der Waals surface area contributed by atoms with Gasteiger partial charge in [0.2, 0.25) is 0 Å². The second-order valence-corrected chi connectivity index (χ2v) is 6.00. The predicted molar refractivity (Wildman–Crippen MR) is 101 cm³/mol. The molecule has 0 aliphatic rings. The second kappa shape index (κ2) is 6.99. The maximum atomic E-state index is 12.5. The smallest absolute Gasteiger partial charge is 0.338 e. The Morgan fingerprint density at radius 2 is 2.14 bits per heavy atom. The summed E-state index contributed by atoms with van der Waals surface area (Å²) in [5, 5.41) is 4.09. The summed E-state index contributed by atoms with van der Waals surface area (Å²) in [6, 6.07) is 8.62. The van der Waals surface area contributed by atoms with Crippen molar-refractivity contribution in [2.24, 2.45) is 0 Å². The highest BCUT2D eigenvalue weighted by molar-refractivity contribution is 5.89. The molecule has 28 heavy (non-hydrogen) atoms. The lowest BCUT2D eigenvalue weighted by atomic mass is 10.1. The molecule has 1 aromatic carbocycles. The fraction of sp³-hybridized carbons (Fsp3) is 0.167. The van der Waals surface area contributed by atoms with Gasteiger partial charge >= 0.3 is 11.7 Å². The Morgan fingerprint density at radius 3 is 2.89 bits per heavy atom. The van der Waals surface area contributed by atoms with Gasteiger partial charge in [0.1, 0.15) is 5.52 Å². The molecule has 0 radical (unpaired) electrons. The molecule has 3 heterocycles. The molecule has 10 nitrogen and oxygen atoms in total. The number of esters is 1. The number of benzene rings is 1. The third-order valence-electron chi connectivity index (χ3n) is 4.13. The number of aromatic amines is 1. The molecule has 4 rings (SSSR count). The molecule has 3 aromatic heterocycles. The van der Waals surface area contributed by atoms with Crippen LogP contribution in [0, 0.1) is 0 Å². The maximum Gasteiger partial charge on any atom is 0.338 e. The van der Waals surface area contributed by atoms with E-state index in [-0.39, 0.29) is 30.6 Å². The van der Waals surface area contributed by atoms with Gasteiger partial charge < -0.3 is 15.5 Å². The fourth-order valence-corrected chi connectivity index (χ4v) is 2.87. The summed E-state index contributed by atoms with van der Waals surface area (Å²) in [6.07, 6.45) is 3.27. The van der Waals surface area contributed by atoms with Crippen molar-refractivity contribution in [1.29, 1.82) is 0 Å². The summed E-state index contributed by atoms with van der Waals surface area (Å²) in [5.41, 5.74) is 7.48. The molecule has 0 aliphatic heterocycles. The summed E-state index contributed by atoms with van der Waals surface area (Å²) < 4.78 is 7.92. The minimum absolute atomic E-state index is 0.145. The minimum atomic E-state index is -0.414. The van der Waals surface area contributed by atoms with Gasteiger partial charge in [0.05, 0.1) is 18.7 Å². The van der Waals surface area contributed by atoms with Crippen LogP contribution < -0.4 is 11.4 Å². The van der Waals surface area contributed by atoms with E-state index in [1.54, 1.807) is 43.6 Å². The van der Waals surface area contributed by atoms with Gasteiger partial charge in [0.15, 0.2) is 11.5 Å².